The summed E-state index contributed by atoms with van der Waals surface area (Å²) in [6, 6.07) is 9.41. The molecule has 0 amide bonds. The van der Waals surface area contributed by atoms with Gasteiger partial charge in [-0.25, -0.2) is 9.67 Å². The van der Waals surface area contributed by atoms with Crippen molar-refractivity contribution < 1.29 is 4.79 Å². The van der Waals surface area contributed by atoms with Gasteiger partial charge in [-0.15, -0.1) is 5.10 Å². The molecule has 1 aromatic carbocycles. The number of aromatic nitrogens is 3. The van der Waals surface area contributed by atoms with Crippen molar-refractivity contribution in [2.45, 2.75) is 32.7 Å². The average Bonchev–Trinajstić information content (AvgIpc) is 2.85. The van der Waals surface area contributed by atoms with Crippen LogP contribution in [0.2, 0.25) is 0 Å². The Kier molecular flexibility index (Phi) is 3.66. The Morgan fingerprint density at radius 1 is 1.30 bits per heavy atom. The van der Waals surface area contributed by atoms with E-state index in [-0.39, 0.29) is 23.6 Å². The van der Waals surface area contributed by atoms with Crippen LogP contribution in [-0.2, 0) is 12.0 Å². The van der Waals surface area contributed by atoms with Crippen LogP contribution in [0.25, 0.3) is 0 Å². The summed E-state index contributed by atoms with van der Waals surface area (Å²) in [7, 11) is 0. The topological polar surface area (TPSA) is 71.6 Å². The summed E-state index contributed by atoms with van der Waals surface area (Å²) in [6.45, 7) is 6.47. The molecule has 2 rings (SSSR count). The molecule has 0 saturated carbocycles. The molecule has 0 atom stereocenters. The quantitative estimate of drug-likeness (QED) is 0.801. The van der Waals surface area contributed by atoms with Crippen molar-refractivity contribution in [2.24, 2.45) is 0 Å². The number of nitrogens with zero attached hydrogens (tertiary/aromatic N) is 4. The summed E-state index contributed by atoms with van der Waals surface area (Å²) in [5.41, 5.74) is 1.88. The van der Waals surface area contributed by atoms with Gasteiger partial charge in [0.05, 0.1) is 0 Å². The maximum absolute atomic E-state index is 12.1. The van der Waals surface area contributed by atoms with Crippen LogP contribution in [0, 0.1) is 11.3 Å². The highest BCUT2D eigenvalue weighted by Crippen LogP contribution is 2.22. The lowest BCUT2D eigenvalue weighted by molar-refractivity contribution is 0.0967. The van der Waals surface area contributed by atoms with Gasteiger partial charge in [-0.1, -0.05) is 45.0 Å². The molecule has 0 bridgehead atoms. The summed E-state index contributed by atoms with van der Waals surface area (Å²) >= 11 is 0. The molecular formula is C15H16N4O. The Morgan fingerprint density at radius 3 is 2.45 bits per heavy atom. The van der Waals surface area contributed by atoms with Gasteiger partial charge in [0.25, 0.3) is 5.82 Å². The molecule has 0 spiro atoms. The molecule has 0 saturated heterocycles. The van der Waals surface area contributed by atoms with E-state index in [1.807, 2.05) is 30.3 Å². The van der Waals surface area contributed by atoms with Crippen LogP contribution in [0.4, 0.5) is 0 Å². The molecule has 0 fully saturated rings. The third-order valence-electron chi connectivity index (χ3n) is 3.01. The Bertz CT molecular complexity index is 656. The van der Waals surface area contributed by atoms with E-state index in [0.717, 1.165) is 0 Å². The van der Waals surface area contributed by atoms with Gasteiger partial charge < -0.3 is 0 Å². The zero-order valence-corrected chi connectivity index (χ0v) is 11.8. The van der Waals surface area contributed by atoms with E-state index >= 15 is 0 Å². The van der Waals surface area contributed by atoms with Crippen LogP contribution in [-0.4, -0.2) is 20.5 Å². The van der Waals surface area contributed by atoms with E-state index in [9.17, 15) is 4.79 Å². The second-order valence-corrected chi connectivity index (χ2v) is 5.63. The van der Waals surface area contributed by atoms with Gasteiger partial charge in [-0.3, -0.25) is 4.79 Å². The van der Waals surface area contributed by atoms with E-state index in [0.29, 0.717) is 5.56 Å². The van der Waals surface area contributed by atoms with Crippen LogP contribution in [0.5, 0.6) is 0 Å². The number of carbonyl (C=O) groups is 1. The maximum Gasteiger partial charge on any atom is 0.252 e. The van der Waals surface area contributed by atoms with Gasteiger partial charge in [0.2, 0.25) is 0 Å². The molecule has 0 aliphatic heterocycles. The van der Waals surface area contributed by atoms with Crippen molar-refractivity contribution in [3.63, 3.8) is 0 Å². The van der Waals surface area contributed by atoms with Gasteiger partial charge in [-0.2, -0.15) is 5.26 Å². The van der Waals surface area contributed by atoms with Crippen molar-refractivity contribution in [1.82, 2.24) is 14.8 Å². The van der Waals surface area contributed by atoms with Gasteiger partial charge >= 0.3 is 0 Å². The maximum atomic E-state index is 12.1. The highest BCUT2D eigenvalue weighted by molar-refractivity contribution is 5.95. The van der Waals surface area contributed by atoms with Crippen molar-refractivity contribution >= 4 is 5.78 Å². The largest absolute Gasteiger partial charge is 0.292 e. The lowest BCUT2D eigenvalue weighted by atomic mass is 9.86. The molecule has 0 radical (unpaired) electrons. The summed E-state index contributed by atoms with van der Waals surface area (Å²) in [4.78, 5) is 15.9. The zero-order valence-electron chi connectivity index (χ0n) is 11.8. The molecule has 1 heterocycles. The first-order chi connectivity index (χ1) is 9.40. The number of carbonyl (C=O) groups excluding carboxylic acids is 1. The first-order valence-corrected chi connectivity index (χ1v) is 6.33. The molecule has 5 heteroatoms. The van der Waals surface area contributed by atoms with Gasteiger partial charge in [-0.05, 0) is 11.0 Å². The Hall–Kier alpha value is -2.48. The molecule has 0 unspecified atom stereocenters. The summed E-state index contributed by atoms with van der Waals surface area (Å²) in [6.07, 6.45) is 1.39. The molecule has 20 heavy (non-hydrogen) atoms. The zero-order chi connectivity index (χ0) is 14.8. The van der Waals surface area contributed by atoms with E-state index in [1.54, 1.807) is 0 Å². The molecule has 0 aliphatic rings. The molecular weight excluding hydrogens is 252 g/mol. The molecule has 0 N–H and O–H groups in total. The van der Waals surface area contributed by atoms with Crippen molar-refractivity contribution in [3.05, 3.63) is 47.5 Å². The van der Waals surface area contributed by atoms with Crippen LogP contribution >= 0.6 is 0 Å². The fourth-order valence-corrected chi connectivity index (χ4v) is 1.82. The number of Topliss-reactive ketones (excluding diaryl/α,β-unsaturated/α-hetero) is 1. The first kappa shape index (κ1) is 13.9. The molecule has 102 valence electrons. The summed E-state index contributed by atoms with van der Waals surface area (Å²) in [5, 5.41) is 12.5. The second kappa shape index (κ2) is 5.25. The number of ketones is 1. The number of benzene rings is 1. The lowest BCUT2D eigenvalue weighted by Crippen LogP contribution is -2.13. The smallest absolute Gasteiger partial charge is 0.252 e. The number of hydrogen-bond acceptors (Lipinski definition) is 4. The minimum atomic E-state index is -0.0557. The second-order valence-electron chi connectivity index (χ2n) is 5.63. The van der Waals surface area contributed by atoms with E-state index in [4.69, 9.17) is 5.26 Å². The van der Waals surface area contributed by atoms with E-state index in [1.165, 1.54) is 16.6 Å². The van der Waals surface area contributed by atoms with Crippen molar-refractivity contribution in [2.75, 3.05) is 0 Å². The van der Waals surface area contributed by atoms with E-state index in [2.05, 4.69) is 30.9 Å². The fraction of sp³-hybridized carbons (Fsp3) is 0.333. The summed E-state index contributed by atoms with van der Waals surface area (Å²) in [5.74, 6) is 0.0146. The molecule has 1 aromatic heterocycles. The first-order valence-electron chi connectivity index (χ1n) is 6.33. The lowest BCUT2D eigenvalue weighted by Gasteiger charge is -2.18. The van der Waals surface area contributed by atoms with Gasteiger partial charge in [0.1, 0.15) is 18.9 Å². The molecule has 2 aromatic rings. The van der Waals surface area contributed by atoms with Crippen LogP contribution in [0.3, 0.4) is 0 Å². The highest BCUT2D eigenvalue weighted by atomic mass is 16.1. The van der Waals surface area contributed by atoms with Gasteiger partial charge in [0, 0.05) is 5.56 Å². The number of nitriles is 1. The van der Waals surface area contributed by atoms with Crippen molar-refractivity contribution in [3.8, 4) is 6.07 Å². The predicted octanol–water partition coefficient (Wildman–Crippen LogP) is 2.33. The monoisotopic (exact) mass is 268 g/mol. The number of hydrogen-bond donors (Lipinski definition) is 0. The van der Waals surface area contributed by atoms with Gasteiger partial charge in [0.15, 0.2) is 5.78 Å². The SMILES string of the molecule is CC(C)(C)c1ccc(C(=O)Cn2cnc(C#N)n2)cc1. The Morgan fingerprint density at radius 2 is 1.95 bits per heavy atom. The highest BCUT2D eigenvalue weighted by Gasteiger charge is 2.14. The van der Waals surface area contributed by atoms with Crippen molar-refractivity contribution in [1.29, 1.82) is 5.26 Å². The predicted molar refractivity (Wildman–Crippen MR) is 74.2 cm³/mol. The van der Waals surface area contributed by atoms with Crippen LogP contribution in [0.1, 0.15) is 42.5 Å². The van der Waals surface area contributed by atoms with Crippen LogP contribution < -0.4 is 0 Å². The standard InChI is InChI=1S/C15H16N4O/c1-15(2,3)12-6-4-11(5-7-12)13(20)9-19-10-17-14(8-16)18-19/h4-7,10H,9H2,1-3H3. The normalized spacial score (nSPS) is 11.1. The minimum Gasteiger partial charge on any atom is -0.292 e. The van der Waals surface area contributed by atoms with Crippen LogP contribution in [0.15, 0.2) is 30.6 Å². The Labute approximate surface area is 117 Å². The third-order valence-corrected chi connectivity index (χ3v) is 3.01. The van der Waals surface area contributed by atoms with E-state index < -0.39 is 0 Å². The number of rotatable bonds is 3. The minimum absolute atomic E-state index is 0.0557. The Balaban J connectivity index is 2.12. The average molecular weight is 268 g/mol. The molecule has 5 nitrogen and oxygen atoms in total. The third kappa shape index (κ3) is 3.09. The molecule has 0 aliphatic carbocycles. The fourth-order valence-electron chi connectivity index (χ4n) is 1.82. The summed E-state index contributed by atoms with van der Waals surface area (Å²) < 4.78 is 1.37.